The van der Waals surface area contributed by atoms with Crippen molar-refractivity contribution >= 4 is 27.4 Å². The van der Waals surface area contributed by atoms with Gasteiger partial charge in [0.15, 0.2) is 0 Å². The summed E-state index contributed by atoms with van der Waals surface area (Å²) in [5, 5.41) is 9.55. The Bertz CT molecular complexity index is 1240. The number of nitrogens with zero attached hydrogens (tertiary/aromatic N) is 3. The monoisotopic (exact) mass is 495 g/mol. The zero-order valence-corrected chi connectivity index (χ0v) is 20.5. The Morgan fingerprint density at radius 3 is 2.71 bits per heavy atom. The van der Waals surface area contributed by atoms with Crippen molar-refractivity contribution in [2.45, 2.75) is 36.6 Å². The second kappa shape index (κ2) is 11.7. The van der Waals surface area contributed by atoms with E-state index in [9.17, 15) is 18.5 Å². The lowest BCUT2D eigenvalue weighted by Crippen LogP contribution is -2.41. The summed E-state index contributed by atoms with van der Waals surface area (Å²) in [6.45, 7) is 8.13. The molecule has 8 nitrogen and oxygen atoms in total. The van der Waals surface area contributed by atoms with Crippen LogP contribution in [0.3, 0.4) is 0 Å². The highest BCUT2D eigenvalue weighted by atomic mass is 32.2. The number of carbonyl (C=O) groups is 1. The van der Waals surface area contributed by atoms with Crippen LogP contribution in [0.1, 0.15) is 41.6 Å². The molecule has 0 saturated carbocycles. The first-order valence-electron chi connectivity index (χ1n) is 11.3. The summed E-state index contributed by atoms with van der Waals surface area (Å²) in [7, 11) is -3.08. The summed E-state index contributed by atoms with van der Waals surface area (Å²) in [5.74, 6) is -0.659. The fraction of sp³-hybridized carbons (Fsp3) is 0.308. The quantitative estimate of drug-likeness (QED) is 0.270. The summed E-state index contributed by atoms with van der Waals surface area (Å²) < 4.78 is 33.2. The van der Waals surface area contributed by atoms with Crippen molar-refractivity contribution in [3.05, 3.63) is 78.9 Å². The summed E-state index contributed by atoms with van der Waals surface area (Å²) in [6.07, 6.45) is 6.98. The maximum Gasteiger partial charge on any atom is 0.337 e. The van der Waals surface area contributed by atoms with Gasteiger partial charge in [-0.2, -0.15) is 13.7 Å². The molecule has 1 atom stereocenters. The van der Waals surface area contributed by atoms with E-state index in [1.807, 2.05) is 6.08 Å². The standard InChI is InChI=1S/C26H29N3O5S/c1-4-9-22-11-6-7-15-28(22)24-14-13-20(19-27)17-25(24)29(34-16-5-2)35(31,32)23-12-8-10-21(18-23)26(30)33-3/h4-5,8,10,12-14,17-18,22H,1-2,6-7,9,11,15-16H2,3H3. The first-order valence-corrected chi connectivity index (χ1v) is 12.7. The number of methoxy groups -OCH3 is 1. The number of anilines is 2. The second-order valence-corrected chi connectivity index (χ2v) is 9.77. The van der Waals surface area contributed by atoms with Crippen LogP contribution in [0.15, 0.2) is 72.7 Å². The summed E-state index contributed by atoms with van der Waals surface area (Å²) in [6, 6.07) is 12.7. The number of hydrogen-bond acceptors (Lipinski definition) is 7. The molecule has 0 amide bonds. The van der Waals surface area contributed by atoms with Gasteiger partial charge in [-0.05, 0) is 62.1 Å². The zero-order valence-electron chi connectivity index (χ0n) is 19.7. The number of nitriles is 1. The molecule has 3 rings (SSSR count). The molecule has 1 heterocycles. The van der Waals surface area contributed by atoms with Gasteiger partial charge in [0, 0.05) is 12.6 Å². The van der Waals surface area contributed by atoms with Crippen molar-refractivity contribution in [2.24, 2.45) is 0 Å². The molecule has 0 spiro atoms. The SMILES string of the molecule is C=CCON(c1cc(C#N)ccc1N1CCCCC1CC=C)S(=O)(=O)c1cccc(C(=O)OC)c1. The lowest BCUT2D eigenvalue weighted by atomic mass is 9.98. The van der Waals surface area contributed by atoms with Crippen LogP contribution in [0.4, 0.5) is 11.4 Å². The molecule has 0 aromatic heterocycles. The van der Waals surface area contributed by atoms with Crippen molar-refractivity contribution < 1.29 is 22.8 Å². The maximum atomic E-state index is 13.8. The predicted molar refractivity (Wildman–Crippen MR) is 135 cm³/mol. The molecule has 0 N–H and O–H groups in total. The fourth-order valence-corrected chi connectivity index (χ4v) is 5.45. The van der Waals surface area contributed by atoms with E-state index in [4.69, 9.17) is 9.57 Å². The van der Waals surface area contributed by atoms with E-state index in [-0.39, 0.29) is 34.4 Å². The molecule has 1 fully saturated rings. The Kier molecular flexibility index (Phi) is 8.68. The Morgan fingerprint density at radius 2 is 2.03 bits per heavy atom. The second-order valence-electron chi connectivity index (χ2n) is 8.02. The average Bonchev–Trinajstić information content (AvgIpc) is 2.89. The molecule has 0 bridgehead atoms. The van der Waals surface area contributed by atoms with Gasteiger partial charge in [0.25, 0.3) is 10.0 Å². The molecular formula is C26H29N3O5S. The van der Waals surface area contributed by atoms with Gasteiger partial charge in [-0.1, -0.05) is 18.2 Å². The molecule has 0 radical (unpaired) electrons. The van der Waals surface area contributed by atoms with Gasteiger partial charge in [0.05, 0.1) is 41.5 Å². The van der Waals surface area contributed by atoms with Crippen molar-refractivity contribution in [1.82, 2.24) is 0 Å². The number of piperidine rings is 1. The van der Waals surface area contributed by atoms with Gasteiger partial charge in [-0.25, -0.2) is 4.79 Å². The third-order valence-corrected chi connectivity index (χ3v) is 7.35. The Morgan fingerprint density at radius 1 is 1.23 bits per heavy atom. The van der Waals surface area contributed by atoms with E-state index in [1.54, 1.807) is 12.1 Å². The molecular weight excluding hydrogens is 466 g/mol. The summed E-state index contributed by atoms with van der Waals surface area (Å²) in [4.78, 5) is 19.7. The molecule has 1 aliphatic heterocycles. The third-order valence-electron chi connectivity index (χ3n) is 5.76. The lowest BCUT2D eigenvalue weighted by Gasteiger charge is -2.39. The van der Waals surface area contributed by atoms with Crippen LogP contribution in [-0.2, 0) is 19.6 Å². The first kappa shape index (κ1) is 26.0. The normalized spacial score (nSPS) is 15.7. The fourth-order valence-electron chi connectivity index (χ4n) is 4.12. The first-order chi connectivity index (χ1) is 16.9. The van der Waals surface area contributed by atoms with E-state index in [1.165, 1.54) is 43.5 Å². The van der Waals surface area contributed by atoms with E-state index in [2.05, 4.69) is 24.1 Å². The Hall–Kier alpha value is -3.61. The van der Waals surface area contributed by atoms with Gasteiger partial charge < -0.3 is 9.64 Å². The number of esters is 1. The number of carbonyl (C=O) groups excluding carboxylic acids is 1. The van der Waals surface area contributed by atoms with Crippen molar-refractivity contribution in [1.29, 1.82) is 5.26 Å². The van der Waals surface area contributed by atoms with Crippen molar-refractivity contribution in [2.75, 3.05) is 29.6 Å². The summed E-state index contributed by atoms with van der Waals surface area (Å²) in [5.41, 5.74) is 1.22. The summed E-state index contributed by atoms with van der Waals surface area (Å²) >= 11 is 0. The Labute approximate surface area is 206 Å². The van der Waals surface area contributed by atoms with Gasteiger partial charge in [-0.3, -0.25) is 4.84 Å². The number of sulfonamides is 1. The number of hydrogen-bond donors (Lipinski definition) is 0. The number of ether oxygens (including phenoxy) is 1. The Balaban J connectivity index is 2.19. The maximum absolute atomic E-state index is 13.8. The topological polar surface area (TPSA) is 99.9 Å². The van der Waals surface area contributed by atoms with Crippen LogP contribution in [-0.4, -0.2) is 40.7 Å². The molecule has 0 aliphatic carbocycles. The van der Waals surface area contributed by atoms with Gasteiger partial charge in [-0.15, -0.1) is 17.6 Å². The number of benzene rings is 2. The van der Waals surface area contributed by atoms with E-state index < -0.39 is 16.0 Å². The smallest absolute Gasteiger partial charge is 0.337 e. The molecule has 9 heteroatoms. The molecule has 1 aliphatic rings. The van der Waals surface area contributed by atoms with E-state index in [0.29, 0.717) is 5.69 Å². The van der Waals surface area contributed by atoms with Crippen LogP contribution in [0, 0.1) is 11.3 Å². The minimum atomic E-state index is -4.31. The molecule has 1 unspecified atom stereocenters. The highest BCUT2D eigenvalue weighted by molar-refractivity contribution is 7.92. The molecule has 2 aromatic rings. The average molecular weight is 496 g/mol. The molecule has 2 aromatic carbocycles. The van der Waals surface area contributed by atoms with Gasteiger partial charge in [0.1, 0.15) is 5.69 Å². The van der Waals surface area contributed by atoms with Crippen LogP contribution in [0.2, 0.25) is 0 Å². The van der Waals surface area contributed by atoms with E-state index >= 15 is 0 Å². The minimum Gasteiger partial charge on any atom is -0.465 e. The van der Waals surface area contributed by atoms with Crippen LogP contribution >= 0.6 is 0 Å². The van der Waals surface area contributed by atoms with Crippen LogP contribution in [0.5, 0.6) is 0 Å². The number of rotatable bonds is 10. The largest absolute Gasteiger partial charge is 0.465 e. The van der Waals surface area contributed by atoms with Gasteiger partial charge >= 0.3 is 5.97 Å². The zero-order chi connectivity index (χ0) is 25.4. The lowest BCUT2D eigenvalue weighted by molar-refractivity contribution is 0.0600. The van der Waals surface area contributed by atoms with Crippen LogP contribution < -0.4 is 9.37 Å². The predicted octanol–water partition coefficient (Wildman–Crippen LogP) is 4.59. The molecule has 1 saturated heterocycles. The van der Waals surface area contributed by atoms with Crippen LogP contribution in [0.25, 0.3) is 0 Å². The molecule has 184 valence electrons. The highest BCUT2D eigenvalue weighted by Crippen LogP contribution is 2.38. The molecule has 35 heavy (non-hydrogen) atoms. The third kappa shape index (κ3) is 5.73. The van der Waals surface area contributed by atoms with Crippen molar-refractivity contribution in [3.63, 3.8) is 0 Å². The highest BCUT2D eigenvalue weighted by Gasteiger charge is 2.32. The minimum absolute atomic E-state index is 0.0883. The van der Waals surface area contributed by atoms with Gasteiger partial charge in [0.2, 0.25) is 0 Å². The van der Waals surface area contributed by atoms with E-state index in [0.717, 1.165) is 36.7 Å². The van der Waals surface area contributed by atoms with Crippen molar-refractivity contribution in [3.8, 4) is 6.07 Å².